The van der Waals surface area contributed by atoms with Gasteiger partial charge in [0.05, 0.1) is 6.42 Å². The molecule has 0 radical (unpaired) electrons. The maximum Gasteiger partial charge on any atom is 0.303 e. The molecule has 0 unspecified atom stereocenters. The molecule has 76 valence electrons. The molecule has 1 atom stereocenters. The van der Waals surface area contributed by atoms with Gasteiger partial charge in [0.2, 0.25) is 0 Å². The first kappa shape index (κ1) is 12.1. The van der Waals surface area contributed by atoms with Crippen LogP contribution in [0.2, 0.25) is 0 Å². The molecular formula is C9H16O4. The Morgan fingerprint density at radius 3 is 2.38 bits per heavy atom. The molecule has 13 heavy (non-hydrogen) atoms. The van der Waals surface area contributed by atoms with Crippen LogP contribution < -0.4 is 0 Å². The van der Waals surface area contributed by atoms with Crippen molar-refractivity contribution in [2.75, 3.05) is 0 Å². The lowest BCUT2D eigenvalue weighted by Crippen LogP contribution is -2.20. The second kappa shape index (κ2) is 6.60. The molecule has 0 rings (SSSR count). The molecule has 0 aromatic heterocycles. The third kappa shape index (κ3) is 6.28. The van der Waals surface area contributed by atoms with E-state index in [4.69, 9.17) is 5.11 Å². The fraction of sp³-hybridized carbons (Fsp3) is 0.778. The predicted molar refractivity (Wildman–Crippen MR) is 47.4 cm³/mol. The van der Waals surface area contributed by atoms with Crippen LogP contribution in [-0.4, -0.2) is 28.1 Å². The standard InChI is InChI=1S/C9H16O4/c1-2-3-4-7(10)8(11)5-6-9(12)13/h7,10H,2-6H2,1H3,(H,12,13)/t7-/m1/s1. The van der Waals surface area contributed by atoms with Gasteiger partial charge in [-0.1, -0.05) is 19.8 Å². The highest BCUT2D eigenvalue weighted by Gasteiger charge is 2.14. The predicted octanol–water partition coefficient (Wildman–Crippen LogP) is 0.971. The lowest BCUT2D eigenvalue weighted by atomic mass is 10.1. The topological polar surface area (TPSA) is 74.6 Å². The second-order valence-electron chi connectivity index (χ2n) is 3.02. The van der Waals surface area contributed by atoms with E-state index in [0.717, 1.165) is 12.8 Å². The van der Waals surface area contributed by atoms with Crippen LogP contribution in [0.1, 0.15) is 39.0 Å². The van der Waals surface area contributed by atoms with Crippen LogP contribution in [0, 0.1) is 0 Å². The summed E-state index contributed by atoms with van der Waals surface area (Å²) in [5.41, 5.74) is 0. The van der Waals surface area contributed by atoms with Crippen molar-refractivity contribution in [1.29, 1.82) is 0 Å². The summed E-state index contributed by atoms with van der Waals surface area (Å²) in [4.78, 5) is 21.1. The Morgan fingerprint density at radius 2 is 1.92 bits per heavy atom. The van der Waals surface area contributed by atoms with Crippen molar-refractivity contribution in [3.8, 4) is 0 Å². The lowest BCUT2D eigenvalue weighted by Gasteiger charge is -2.06. The van der Waals surface area contributed by atoms with Crippen molar-refractivity contribution < 1.29 is 19.8 Å². The van der Waals surface area contributed by atoms with Crippen LogP contribution in [-0.2, 0) is 9.59 Å². The van der Waals surface area contributed by atoms with Crippen LogP contribution in [0.3, 0.4) is 0 Å². The third-order valence-electron chi connectivity index (χ3n) is 1.79. The first-order valence-electron chi connectivity index (χ1n) is 4.50. The van der Waals surface area contributed by atoms with Gasteiger partial charge in [0.15, 0.2) is 5.78 Å². The van der Waals surface area contributed by atoms with Crippen molar-refractivity contribution in [3.63, 3.8) is 0 Å². The zero-order chi connectivity index (χ0) is 10.3. The Morgan fingerprint density at radius 1 is 1.31 bits per heavy atom. The highest BCUT2D eigenvalue weighted by Crippen LogP contribution is 2.04. The molecule has 0 aliphatic heterocycles. The van der Waals surface area contributed by atoms with Crippen molar-refractivity contribution in [2.24, 2.45) is 0 Å². The monoisotopic (exact) mass is 188 g/mol. The van der Waals surface area contributed by atoms with Gasteiger partial charge in [-0.15, -0.1) is 0 Å². The van der Waals surface area contributed by atoms with E-state index in [1.807, 2.05) is 6.92 Å². The van der Waals surface area contributed by atoms with Crippen LogP contribution in [0.4, 0.5) is 0 Å². The molecule has 0 saturated carbocycles. The molecule has 0 aliphatic carbocycles. The number of hydrogen-bond acceptors (Lipinski definition) is 3. The Balaban J connectivity index is 3.63. The maximum atomic E-state index is 11.0. The molecular weight excluding hydrogens is 172 g/mol. The van der Waals surface area contributed by atoms with Gasteiger partial charge in [0, 0.05) is 6.42 Å². The van der Waals surface area contributed by atoms with Crippen molar-refractivity contribution in [2.45, 2.75) is 45.1 Å². The summed E-state index contributed by atoms with van der Waals surface area (Å²) in [7, 11) is 0. The van der Waals surface area contributed by atoms with Gasteiger partial charge in [-0.25, -0.2) is 0 Å². The number of Topliss-reactive ketones (excluding diaryl/α,β-unsaturated/α-hetero) is 1. The Labute approximate surface area is 77.6 Å². The van der Waals surface area contributed by atoms with E-state index in [1.54, 1.807) is 0 Å². The number of carbonyl (C=O) groups is 2. The molecule has 4 heteroatoms. The summed E-state index contributed by atoms with van der Waals surface area (Å²) in [6, 6.07) is 0. The lowest BCUT2D eigenvalue weighted by molar-refractivity contribution is -0.139. The average Bonchev–Trinajstić information content (AvgIpc) is 2.10. The normalized spacial score (nSPS) is 12.5. The Hall–Kier alpha value is -0.900. The molecule has 0 spiro atoms. The van der Waals surface area contributed by atoms with E-state index in [1.165, 1.54) is 0 Å². The summed E-state index contributed by atoms with van der Waals surface area (Å²) in [5, 5.41) is 17.5. The SMILES string of the molecule is CCCC[C@@H](O)C(=O)CCC(=O)O. The number of aliphatic carboxylic acids is 1. The summed E-state index contributed by atoms with van der Waals surface area (Å²) >= 11 is 0. The van der Waals surface area contributed by atoms with E-state index >= 15 is 0 Å². The molecule has 0 bridgehead atoms. The van der Waals surface area contributed by atoms with Crippen LogP contribution in [0.15, 0.2) is 0 Å². The highest BCUT2D eigenvalue weighted by atomic mass is 16.4. The van der Waals surface area contributed by atoms with Gasteiger partial charge < -0.3 is 10.2 Å². The molecule has 0 heterocycles. The third-order valence-corrected chi connectivity index (χ3v) is 1.79. The van der Waals surface area contributed by atoms with E-state index in [2.05, 4.69) is 0 Å². The van der Waals surface area contributed by atoms with Crippen molar-refractivity contribution in [1.82, 2.24) is 0 Å². The fourth-order valence-electron chi connectivity index (χ4n) is 0.955. The molecule has 0 aromatic carbocycles. The average molecular weight is 188 g/mol. The minimum Gasteiger partial charge on any atom is -0.481 e. The number of aliphatic hydroxyl groups is 1. The van der Waals surface area contributed by atoms with Gasteiger partial charge in [-0.05, 0) is 6.42 Å². The number of carboxylic acid groups (broad SMARTS) is 1. The summed E-state index contributed by atoms with van der Waals surface area (Å²) in [6.07, 6.45) is 0.916. The Bertz CT molecular complexity index is 176. The molecule has 0 aromatic rings. The molecule has 0 saturated heterocycles. The number of ketones is 1. The summed E-state index contributed by atoms with van der Waals surface area (Å²) in [5.74, 6) is -1.37. The number of rotatable bonds is 7. The van der Waals surface area contributed by atoms with Gasteiger partial charge in [0.25, 0.3) is 0 Å². The van der Waals surface area contributed by atoms with E-state index in [9.17, 15) is 14.7 Å². The van der Waals surface area contributed by atoms with Crippen LogP contribution in [0.5, 0.6) is 0 Å². The highest BCUT2D eigenvalue weighted by molar-refractivity contribution is 5.85. The van der Waals surface area contributed by atoms with Gasteiger partial charge in [0.1, 0.15) is 6.10 Å². The zero-order valence-corrected chi connectivity index (χ0v) is 7.82. The minimum atomic E-state index is -1.00. The fourth-order valence-corrected chi connectivity index (χ4v) is 0.955. The number of carboxylic acids is 1. The first-order valence-corrected chi connectivity index (χ1v) is 4.50. The molecule has 0 fully saturated rings. The first-order chi connectivity index (χ1) is 6.07. The molecule has 0 aliphatic rings. The van der Waals surface area contributed by atoms with Crippen molar-refractivity contribution in [3.05, 3.63) is 0 Å². The summed E-state index contributed by atoms with van der Waals surface area (Å²) < 4.78 is 0. The number of hydrogen-bond donors (Lipinski definition) is 2. The molecule has 2 N–H and O–H groups in total. The van der Waals surface area contributed by atoms with Gasteiger partial charge in [-0.2, -0.15) is 0 Å². The molecule has 4 nitrogen and oxygen atoms in total. The Kier molecular flexibility index (Phi) is 6.14. The smallest absolute Gasteiger partial charge is 0.303 e. The van der Waals surface area contributed by atoms with Gasteiger partial charge in [-0.3, -0.25) is 9.59 Å². The zero-order valence-electron chi connectivity index (χ0n) is 7.82. The van der Waals surface area contributed by atoms with Crippen molar-refractivity contribution >= 4 is 11.8 Å². The minimum absolute atomic E-state index is 0.0692. The number of carbonyl (C=O) groups excluding carboxylic acids is 1. The van der Waals surface area contributed by atoms with E-state index in [0.29, 0.717) is 6.42 Å². The number of unbranched alkanes of at least 4 members (excludes halogenated alkanes) is 1. The quantitative estimate of drug-likeness (QED) is 0.624. The molecule has 0 amide bonds. The maximum absolute atomic E-state index is 11.0. The largest absolute Gasteiger partial charge is 0.481 e. The van der Waals surface area contributed by atoms with E-state index in [-0.39, 0.29) is 18.6 Å². The second-order valence-corrected chi connectivity index (χ2v) is 3.02. The number of aliphatic hydroxyl groups excluding tert-OH is 1. The summed E-state index contributed by atoms with van der Waals surface area (Å²) in [6.45, 7) is 1.97. The van der Waals surface area contributed by atoms with Gasteiger partial charge >= 0.3 is 5.97 Å². The van der Waals surface area contributed by atoms with E-state index < -0.39 is 12.1 Å². The van der Waals surface area contributed by atoms with Crippen LogP contribution >= 0.6 is 0 Å². The van der Waals surface area contributed by atoms with Crippen LogP contribution in [0.25, 0.3) is 0 Å².